The molecule has 0 fully saturated rings. The molecule has 5 nitrogen and oxygen atoms in total. The largest absolute Gasteiger partial charge is 0.350 e. The zero-order chi connectivity index (χ0) is 21.8. The van der Waals surface area contributed by atoms with Crippen LogP contribution in [0.15, 0.2) is 79.0 Å². The topological polar surface area (TPSA) is 58.1 Å². The summed E-state index contributed by atoms with van der Waals surface area (Å²) in [6, 6.07) is 21.2. The van der Waals surface area contributed by atoms with Crippen LogP contribution in [0.25, 0.3) is 22.3 Å². The third-order valence-corrected chi connectivity index (χ3v) is 5.20. The second kappa shape index (κ2) is 9.02. The van der Waals surface area contributed by atoms with E-state index in [9.17, 15) is 9.18 Å². The molecule has 0 saturated carbocycles. The lowest BCUT2D eigenvalue weighted by Crippen LogP contribution is -2.34. The lowest BCUT2D eigenvalue weighted by molar-refractivity contribution is 0.0943. The fourth-order valence-corrected chi connectivity index (χ4v) is 3.61. The van der Waals surface area contributed by atoms with Crippen molar-refractivity contribution in [1.82, 2.24) is 20.2 Å². The van der Waals surface area contributed by atoms with Gasteiger partial charge in [0.15, 0.2) is 0 Å². The fraction of sp³-hybridized carbons (Fsp3) is 0.160. The van der Waals surface area contributed by atoms with E-state index in [0.717, 1.165) is 16.5 Å². The summed E-state index contributed by atoms with van der Waals surface area (Å²) in [6.45, 7) is 0.338. The van der Waals surface area contributed by atoms with Gasteiger partial charge in [0, 0.05) is 18.1 Å². The molecule has 0 radical (unpaired) electrons. The third kappa shape index (κ3) is 4.59. The quantitative estimate of drug-likeness (QED) is 0.506. The van der Waals surface area contributed by atoms with Gasteiger partial charge in [-0.2, -0.15) is 0 Å². The third-order valence-electron chi connectivity index (χ3n) is 5.20. The number of rotatable bonds is 6. The number of benzene rings is 2. The molecule has 0 aliphatic carbocycles. The Morgan fingerprint density at radius 3 is 2.55 bits per heavy atom. The standard InChI is InChI=1S/C25H23FN4O/c1-30(2)24(17-8-7-9-18(26)14-17)16-28-25(31)20-15-23(22-12-5-6-13-27-22)29-21-11-4-3-10-19(20)21/h3-15,24H,16H2,1-2H3,(H,28,31). The Balaban J connectivity index is 1.65. The number of likely N-dealkylation sites (N-methyl/N-ethyl adjacent to an activating group) is 1. The molecule has 0 aliphatic rings. The second-order valence-corrected chi connectivity index (χ2v) is 7.53. The van der Waals surface area contributed by atoms with E-state index in [1.807, 2.05) is 67.5 Å². The molecule has 1 unspecified atom stereocenters. The Morgan fingerprint density at radius 2 is 1.81 bits per heavy atom. The second-order valence-electron chi connectivity index (χ2n) is 7.53. The van der Waals surface area contributed by atoms with E-state index in [0.29, 0.717) is 23.5 Å². The van der Waals surface area contributed by atoms with Crippen LogP contribution in [0.3, 0.4) is 0 Å². The van der Waals surface area contributed by atoms with Crippen molar-refractivity contribution in [2.75, 3.05) is 20.6 Å². The van der Waals surface area contributed by atoms with Crippen molar-refractivity contribution in [2.45, 2.75) is 6.04 Å². The van der Waals surface area contributed by atoms with Crippen LogP contribution in [0.2, 0.25) is 0 Å². The van der Waals surface area contributed by atoms with Crippen LogP contribution < -0.4 is 5.32 Å². The molecule has 156 valence electrons. The summed E-state index contributed by atoms with van der Waals surface area (Å²) in [5, 5.41) is 3.79. The first-order valence-electron chi connectivity index (χ1n) is 10.0. The van der Waals surface area contributed by atoms with Gasteiger partial charge in [0.05, 0.1) is 28.5 Å². The van der Waals surface area contributed by atoms with Gasteiger partial charge in [0.2, 0.25) is 0 Å². The first-order chi connectivity index (χ1) is 15.0. The van der Waals surface area contributed by atoms with Crippen molar-refractivity contribution in [3.63, 3.8) is 0 Å². The Bertz CT molecular complexity index is 1210. The number of nitrogens with one attached hydrogen (secondary N) is 1. The SMILES string of the molecule is CN(C)C(CNC(=O)c1cc(-c2ccccn2)nc2ccccc12)c1cccc(F)c1. The predicted molar refractivity (Wildman–Crippen MR) is 120 cm³/mol. The van der Waals surface area contributed by atoms with Gasteiger partial charge in [-0.15, -0.1) is 0 Å². The molecule has 2 heterocycles. The van der Waals surface area contributed by atoms with E-state index in [2.05, 4.69) is 15.3 Å². The van der Waals surface area contributed by atoms with Crippen LogP contribution in [0.1, 0.15) is 22.0 Å². The van der Waals surface area contributed by atoms with E-state index in [-0.39, 0.29) is 17.8 Å². The number of aromatic nitrogens is 2. The van der Waals surface area contributed by atoms with Gasteiger partial charge >= 0.3 is 0 Å². The molecular weight excluding hydrogens is 391 g/mol. The van der Waals surface area contributed by atoms with Crippen molar-refractivity contribution in [3.05, 3.63) is 95.9 Å². The number of hydrogen-bond donors (Lipinski definition) is 1. The lowest BCUT2D eigenvalue weighted by atomic mass is 10.0. The molecule has 1 atom stereocenters. The van der Waals surface area contributed by atoms with Crippen molar-refractivity contribution < 1.29 is 9.18 Å². The maximum absolute atomic E-state index is 13.7. The first kappa shape index (κ1) is 20.6. The number of nitrogens with zero attached hydrogens (tertiary/aromatic N) is 3. The molecule has 2 aromatic heterocycles. The Kier molecular flexibility index (Phi) is 6.00. The number of carbonyl (C=O) groups is 1. The highest BCUT2D eigenvalue weighted by Gasteiger charge is 2.19. The van der Waals surface area contributed by atoms with Gasteiger partial charge in [-0.05, 0) is 56.1 Å². The van der Waals surface area contributed by atoms with Crippen molar-refractivity contribution in [1.29, 1.82) is 0 Å². The Morgan fingerprint density at radius 1 is 1.00 bits per heavy atom. The number of pyridine rings is 2. The molecule has 0 saturated heterocycles. The van der Waals surface area contributed by atoms with E-state index in [1.54, 1.807) is 18.3 Å². The highest BCUT2D eigenvalue weighted by molar-refractivity contribution is 6.07. The number of amides is 1. The van der Waals surface area contributed by atoms with Crippen molar-refractivity contribution >= 4 is 16.8 Å². The van der Waals surface area contributed by atoms with Crippen LogP contribution in [0.4, 0.5) is 4.39 Å². The molecule has 2 aromatic carbocycles. The minimum atomic E-state index is -0.296. The molecule has 31 heavy (non-hydrogen) atoms. The number of fused-ring (bicyclic) bond motifs is 1. The minimum Gasteiger partial charge on any atom is -0.350 e. The van der Waals surface area contributed by atoms with Crippen LogP contribution >= 0.6 is 0 Å². The molecule has 6 heteroatoms. The monoisotopic (exact) mass is 414 g/mol. The van der Waals surface area contributed by atoms with E-state index in [4.69, 9.17) is 0 Å². The van der Waals surface area contributed by atoms with Gasteiger partial charge in [-0.25, -0.2) is 9.37 Å². The summed E-state index contributed by atoms with van der Waals surface area (Å²) in [4.78, 5) is 24.2. The van der Waals surface area contributed by atoms with Crippen LogP contribution in [-0.2, 0) is 0 Å². The molecule has 0 aliphatic heterocycles. The minimum absolute atomic E-state index is 0.164. The molecule has 4 rings (SSSR count). The smallest absolute Gasteiger partial charge is 0.252 e. The maximum atomic E-state index is 13.7. The molecule has 1 amide bonds. The summed E-state index contributed by atoms with van der Waals surface area (Å²) in [6.07, 6.45) is 1.70. The van der Waals surface area contributed by atoms with Gasteiger partial charge in [0.25, 0.3) is 5.91 Å². The zero-order valence-corrected chi connectivity index (χ0v) is 17.4. The molecule has 0 bridgehead atoms. The molecule has 0 spiro atoms. The van der Waals surface area contributed by atoms with E-state index in [1.165, 1.54) is 12.1 Å². The fourth-order valence-electron chi connectivity index (χ4n) is 3.61. The number of hydrogen-bond acceptors (Lipinski definition) is 4. The zero-order valence-electron chi connectivity index (χ0n) is 17.4. The van der Waals surface area contributed by atoms with Crippen LogP contribution in [0, 0.1) is 5.82 Å². The highest BCUT2D eigenvalue weighted by Crippen LogP contribution is 2.24. The van der Waals surface area contributed by atoms with Crippen molar-refractivity contribution in [3.8, 4) is 11.4 Å². The average Bonchev–Trinajstić information content (AvgIpc) is 2.79. The number of para-hydroxylation sites is 1. The maximum Gasteiger partial charge on any atom is 0.252 e. The summed E-state index contributed by atoms with van der Waals surface area (Å²) >= 11 is 0. The average molecular weight is 414 g/mol. The number of carbonyl (C=O) groups excluding carboxylic acids is 1. The normalized spacial score (nSPS) is 12.1. The summed E-state index contributed by atoms with van der Waals surface area (Å²) in [5.74, 6) is -0.505. The Hall–Kier alpha value is -3.64. The molecular formula is C25H23FN4O. The molecule has 4 aromatic rings. The molecule has 1 N–H and O–H groups in total. The van der Waals surface area contributed by atoms with E-state index >= 15 is 0 Å². The Labute approximate surface area is 180 Å². The summed E-state index contributed by atoms with van der Waals surface area (Å²) in [5.41, 5.74) is 3.40. The van der Waals surface area contributed by atoms with Gasteiger partial charge in [0.1, 0.15) is 5.82 Å². The predicted octanol–water partition coefficient (Wildman–Crippen LogP) is 4.47. The van der Waals surface area contributed by atoms with E-state index < -0.39 is 0 Å². The van der Waals surface area contributed by atoms with Gasteiger partial charge in [-0.1, -0.05) is 36.4 Å². The summed E-state index contributed by atoms with van der Waals surface area (Å²) < 4.78 is 13.7. The number of halogens is 1. The van der Waals surface area contributed by atoms with Crippen LogP contribution in [-0.4, -0.2) is 41.4 Å². The first-order valence-corrected chi connectivity index (χ1v) is 10.0. The van der Waals surface area contributed by atoms with Gasteiger partial charge < -0.3 is 10.2 Å². The summed E-state index contributed by atoms with van der Waals surface area (Å²) in [7, 11) is 3.81. The van der Waals surface area contributed by atoms with Crippen LogP contribution in [0.5, 0.6) is 0 Å². The highest BCUT2D eigenvalue weighted by atomic mass is 19.1. The van der Waals surface area contributed by atoms with Gasteiger partial charge in [-0.3, -0.25) is 9.78 Å². The van der Waals surface area contributed by atoms with Crippen molar-refractivity contribution in [2.24, 2.45) is 0 Å². The lowest BCUT2D eigenvalue weighted by Gasteiger charge is -2.25.